The number of rotatable bonds is 3. The topological polar surface area (TPSA) is 75.6 Å². The maximum absolute atomic E-state index is 11.7. The van der Waals surface area contributed by atoms with Crippen LogP contribution in [-0.2, 0) is 14.3 Å². The molecule has 2 unspecified atom stereocenters. The van der Waals surface area contributed by atoms with Crippen LogP contribution in [0.4, 0.5) is 0 Å². The molecule has 2 fully saturated rings. The summed E-state index contributed by atoms with van der Waals surface area (Å²) < 4.78 is 5.18. The number of ether oxygens (including phenoxy) is 1. The van der Waals surface area contributed by atoms with E-state index in [1.807, 2.05) is 0 Å². The third kappa shape index (κ3) is 2.52. The third-order valence-corrected chi connectivity index (χ3v) is 3.29. The summed E-state index contributed by atoms with van der Waals surface area (Å²) in [4.78, 5) is 22.4. The van der Waals surface area contributed by atoms with Crippen LogP contribution in [0.5, 0.6) is 0 Å². The van der Waals surface area contributed by atoms with Crippen LogP contribution in [0.2, 0.25) is 0 Å². The Morgan fingerprint density at radius 3 is 2.25 bits per heavy atom. The van der Waals surface area contributed by atoms with E-state index < -0.39 is 18.2 Å². The number of carbonyl (C=O) groups excluding carboxylic acids is 1. The average molecular weight is 227 g/mol. The summed E-state index contributed by atoms with van der Waals surface area (Å²) in [6, 6.07) is 0.264. The van der Waals surface area contributed by atoms with E-state index in [-0.39, 0.29) is 11.9 Å². The Morgan fingerprint density at radius 2 is 1.69 bits per heavy atom. The van der Waals surface area contributed by atoms with E-state index in [0.717, 1.165) is 25.7 Å². The summed E-state index contributed by atoms with van der Waals surface area (Å²) in [5.41, 5.74) is 0. The number of hydrogen-bond donors (Lipinski definition) is 2. The molecule has 0 aromatic rings. The second-order valence-electron chi connectivity index (χ2n) is 4.52. The lowest BCUT2D eigenvalue weighted by molar-refractivity contribution is -0.151. The molecular formula is C11H17NO4. The third-order valence-electron chi connectivity index (χ3n) is 3.29. The van der Waals surface area contributed by atoms with Crippen LogP contribution in [-0.4, -0.2) is 35.2 Å². The van der Waals surface area contributed by atoms with Crippen molar-refractivity contribution in [3.63, 3.8) is 0 Å². The van der Waals surface area contributed by atoms with Crippen LogP contribution >= 0.6 is 0 Å². The van der Waals surface area contributed by atoms with Gasteiger partial charge in [-0.25, -0.2) is 4.79 Å². The van der Waals surface area contributed by atoms with Gasteiger partial charge < -0.3 is 15.2 Å². The molecule has 2 rings (SSSR count). The standard InChI is InChI=1S/C11H17NO4/c13-10(12-7-3-1-2-4-7)8-5-6-9(16-8)11(14)15/h7-9H,1-6H2,(H,12,13)(H,14,15). The van der Waals surface area contributed by atoms with Gasteiger partial charge in [0.15, 0.2) is 6.10 Å². The molecule has 0 bridgehead atoms. The van der Waals surface area contributed by atoms with Gasteiger partial charge in [0.2, 0.25) is 5.91 Å². The molecule has 16 heavy (non-hydrogen) atoms. The zero-order valence-electron chi connectivity index (χ0n) is 9.15. The van der Waals surface area contributed by atoms with Crippen molar-refractivity contribution in [2.24, 2.45) is 0 Å². The van der Waals surface area contributed by atoms with Crippen LogP contribution in [0.3, 0.4) is 0 Å². The highest BCUT2D eigenvalue weighted by atomic mass is 16.5. The minimum absolute atomic E-state index is 0.143. The molecular weight excluding hydrogens is 210 g/mol. The van der Waals surface area contributed by atoms with E-state index in [1.54, 1.807) is 0 Å². The van der Waals surface area contributed by atoms with E-state index >= 15 is 0 Å². The van der Waals surface area contributed by atoms with Gasteiger partial charge in [-0.1, -0.05) is 12.8 Å². The van der Waals surface area contributed by atoms with Gasteiger partial charge in [-0.3, -0.25) is 4.79 Å². The Labute approximate surface area is 94.2 Å². The van der Waals surface area contributed by atoms with E-state index in [2.05, 4.69) is 5.32 Å². The number of aliphatic carboxylic acids is 1. The van der Waals surface area contributed by atoms with Crippen molar-refractivity contribution in [2.75, 3.05) is 0 Å². The van der Waals surface area contributed by atoms with E-state index in [0.29, 0.717) is 12.8 Å². The monoisotopic (exact) mass is 227 g/mol. The van der Waals surface area contributed by atoms with Gasteiger partial charge in [0.05, 0.1) is 0 Å². The molecule has 0 aromatic heterocycles. The zero-order valence-corrected chi connectivity index (χ0v) is 9.15. The van der Waals surface area contributed by atoms with E-state index in [4.69, 9.17) is 9.84 Å². The Hall–Kier alpha value is -1.10. The van der Waals surface area contributed by atoms with E-state index in [1.165, 1.54) is 0 Å². The molecule has 1 saturated carbocycles. The predicted molar refractivity (Wildman–Crippen MR) is 55.9 cm³/mol. The fourth-order valence-corrected chi connectivity index (χ4v) is 2.38. The summed E-state index contributed by atoms with van der Waals surface area (Å²) in [6.45, 7) is 0. The highest BCUT2D eigenvalue weighted by molar-refractivity contribution is 5.82. The van der Waals surface area contributed by atoms with Crippen LogP contribution < -0.4 is 5.32 Å². The second kappa shape index (κ2) is 4.82. The lowest BCUT2D eigenvalue weighted by atomic mass is 10.1. The van der Waals surface area contributed by atoms with Crippen LogP contribution in [0, 0.1) is 0 Å². The molecule has 2 atom stereocenters. The smallest absolute Gasteiger partial charge is 0.332 e. The van der Waals surface area contributed by atoms with Gasteiger partial charge in [-0.15, -0.1) is 0 Å². The van der Waals surface area contributed by atoms with Crippen molar-refractivity contribution < 1.29 is 19.4 Å². The van der Waals surface area contributed by atoms with Crippen LogP contribution in [0.25, 0.3) is 0 Å². The molecule has 1 amide bonds. The average Bonchev–Trinajstić information content (AvgIpc) is 2.86. The van der Waals surface area contributed by atoms with Gasteiger partial charge in [0.25, 0.3) is 0 Å². The molecule has 0 radical (unpaired) electrons. The van der Waals surface area contributed by atoms with E-state index in [9.17, 15) is 9.59 Å². The lowest BCUT2D eigenvalue weighted by Gasteiger charge is -2.16. The first-order valence-electron chi connectivity index (χ1n) is 5.85. The first-order valence-corrected chi connectivity index (χ1v) is 5.85. The molecule has 5 nitrogen and oxygen atoms in total. The Bertz CT molecular complexity index is 286. The minimum Gasteiger partial charge on any atom is -0.479 e. The molecule has 90 valence electrons. The van der Waals surface area contributed by atoms with Crippen molar-refractivity contribution >= 4 is 11.9 Å². The van der Waals surface area contributed by atoms with Crippen molar-refractivity contribution in [3.05, 3.63) is 0 Å². The first kappa shape index (κ1) is 11.4. The molecule has 1 heterocycles. The van der Waals surface area contributed by atoms with Gasteiger partial charge >= 0.3 is 5.97 Å². The maximum atomic E-state index is 11.7. The van der Waals surface area contributed by atoms with Gasteiger partial charge in [-0.05, 0) is 25.7 Å². The zero-order chi connectivity index (χ0) is 11.5. The predicted octanol–water partition coefficient (Wildman–Crippen LogP) is 0.677. The molecule has 2 N–H and O–H groups in total. The number of nitrogens with one attached hydrogen (secondary N) is 1. The minimum atomic E-state index is -0.976. The maximum Gasteiger partial charge on any atom is 0.332 e. The summed E-state index contributed by atoms with van der Waals surface area (Å²) in [5.74, 6) is -1.12. The molecule has 0 aromatic carbocycles. The van der Waals surface area contributed by atoms with Gasteiger partial charge in [-0.2, -0.15) is 0 Å². The Morgan fingerprint density at radius 1 is 1.06 bits per heavy atom. The fraction of sp³-hybridized carbons (Fsp3) is 0.818. The number of hydrogen-bond acceptors (Lipinski definition) is 3. The van der Waals surface area contributed by atoms with Crippen molar-refractivity contribution in [3.8, 4) is 0 Å². The summed E-state index contributed by atoms with van der Waals surface area (Å²) in [6.07, 6.45) is 3.94. The summed E-state index contributed by atoms with van der Waals surface area (Å²) >= 11 is 0. The van der Waals surface area contributed by atoms with Crippen LogP contribution in [0.1, 0.15) is 38.5 Å². The van der Waals surface area contributed by atoms with Crippen LogP contribution in [0.15, 0.2) is 0 Å². The number of amides is 1. The molecule has 2 aliphatic rings. The molecule has 1 aliphatic heterocycles. The lowest BCUT2D eigenvalue weighted by Crippen LogP contribution is -2.40. The summed E-state index contributed by atoms with van der Waals surface area (Å²) in [5, 5.41) is 11.7. The fourth-order valence-electron chi connectivity index (χ4n) is 2.38. The highest BCUT2D eigenvalue weighted by Gasteiger charge is 2.35. The number of carboxylic acids is 1. The quantitative estimate of drug-likeness (QED) is 0.743. The van der Waals surface area contributed by atoms with Gasteiger partial charge in [0.1, 0.15) is 6.10 Å². The van der Waals surface area contributed by atoms with Gasteiger partial charge in [0, 0.05) is 6.04 Å². The molecule has 5 heteroatoms. The Kier molecular flexibility index (Phi) is 3.43. The molecule has 1 saturated heterocycles. The number of carbonyl (C=O) groups is 2. The molecule has 0 spiro atoms. The Balaban J connectivity index is 1.79. The SMILES string of the molecule is O=C(O)C1CCC(C(=O)NC2CCCC2)O1. The largest absolute Gasteiger partial charge is 0.479 e. The summed E-state index contributed by atoms with van der Waals surface area (Å²) in [7, 11) is 0. The molecule has 1 aliphatic carbocycles. The number of carboxylic acid groups (broad SMARTS) is 1. The van der Waals surface area contributed by atoms with Crippen molar-refractivity contribution in [1.82, 2.24) is 5.32 Å². The second-order valence-corrected chi connectivity index (χ2v) is 4.52. The highest BCUT2D eigenvalue weighted by Crippen LogP contribution is 2.22. The first-order chi connectivity index (χ1) is 7.66. The van der Waals surface area contributed by atoms with Crippen molar-refractivity contribution in [1.29, 1.82) is 0 Å². The normalized spacial score (nSPS) is 30.5. The van der Waals surface area contributed by atoms with Crippen molar-refractivity contribution in [2.45, 2.75) is 56.8 Å².